The fourth-order valence-electron chi connectivity index (χ4n) is 3.46. The third kappa shape index (κ3) is 4.31. The van der Waals surface area contributed by atoms with Gasteiger partial charge in [-0.05, 0) is 25.0 Å². The summed E-state index contributed by atoms with van der Waals surface area (Å²) < 4.78 is 5.09. The van der Waals surface area contributed by atoms with Crippen molar-refractivity contribution in [3.8, 4) is 0 Å². The quantitative estimate of drug-likeness (QED) is 0.815. The van der Waals surface area contributed by atoms with E-state index in [9.17, 15) is 14.4 Å². The number of esters is 1. The number of rotatable bonds is 5. The number of likely N-dealkylation sites (tertiary alicyclic amines) is 1. The number of halogens is 1. The molecule has 2 fully saturated rings. The van der Waals surface area contributed by atoms with Gasteiger partial charge in [0.2, 0.25) is 5.91 Å². The van der Waals surface area contributed by atoms with E-state index in [4.69, 9.17) is 16.3 Å². The van der Waals surface area contributed by atoms with Crippen LogP contribution in [0.2, 0.25) is 5.02 Å². The number of benzene rings is 1. The van der Waals surface area contributed by atoms with Crippen LogP contribution in [0.25, 0.3) is 0 Å². The third-order valence-corrected chi connectivity index (χ3v) is 5.08. The fraction of sp³-hybridized carbons (Fsp3) is 0.500. The summed E-state index contributed by atoms with van der Waals surface area (Å²) in [6.07, 6.45) is 4.44. The Morgan fingerprint density at radius 3 is 2.68 bits per heavy atom. The van der Waals surface area contributed by atoms with Crippen LogP contribution in [0.4, 0.5) is 5.69 Å². The fourth-order valence-corrected chi connectivity index (χ4v) is 3.64. The number of para-hydroxylation sites is 1. The van der Waals surface area contributed by atoms with Crippen molar-refractivity contribution in [3.63, 3.8) is 0 Å². The first kappa shape index (κ1) is 17.7. The second-order valence-electron chi connectivity index (χ2n) is 6.52. The molecule has 1 aromatic carbocycles. The average molecular weight is 365 g/mol. The van der Waals surface area contributed by atoms with Gasteiger partial charge in [-0.2, -0.15) is 0 Å². The van der Waals surface area contributed by atoms with Crippen LogP contribution in [0.15, 0.2) is 24.3 Å². The number of nitrogens with one attached hydrogen (secondary N) is 1. The van der Waals surface area contributed by atoms with Gasteiger partial charge < -0.3 is 15.0 Å². The molecule has 1 N–H and O–H groups in total. The van der Waals surface area contributed by atoms with Crippen LogP contribution in [0.5, 0.6) is 0 Å². The summed E-state index contributed by atoms with van der Waals surface area (Å²) in [7, 11) is 0. The number of carbonyl (C=O) groups is 3. The number of nitrogens with zero attached hydrogens (tertiary/aromatic N) is 1. The van der Waals surface area contributed by atoms with Gasteiger partial charge in [-0.25, -0.2) is 0 Å². The van der Waals surface area contributed by atoms with Crippen LogP contribution >= 0.6 is 11.6 Å². The minimum atomic E-state index is -0.497. The Bertz CT molecular complexity index is 673. The van der Waals surface area contributed by atoms with Crippen LogP contribution in [0.3, 0.4) is 0 Å². The lowest BCUT2D eigenvalue weighted by Gasteiger charge is -2.23. The van der Waals surface area contributed by atoms with Gasteiger partial charge in [-0.3, -0.25) is 14.4 Å². The van der Waals surface area contributed by atoms with E-state index in [1.165, 1.54) is 0 Å². The lowest BCUT2D eigenvalue weighted by Crippen LogP contribution is -2.35. The largest absolute Gasteiger partial charge is 0.455 e. The van der Waals surface area contributed by atoms with Crippen molar-refractivity contribution >= 4 is 35.1 Å². The molecule has 1 heterocycles. The molecule has 2 aliphatic rings. The van der Waals surface area contributed by atoms with Gasteiger partial charge >= 0.3 is 5.97 Å². The molecule has 1 saturated heterocycles. The zero-order valence-electron chi connectivity index (χ0n) is 13.9. The van der Waals surface area contributed by atoms with Crippen molar-refractivity contribution in [1.82, 2.24) is 4.90 Å². The molecule has 134 valence electrons. The van der Waals surface area contributed by atoms with Gasteiger partial charge in [-0.1, -0.05) is 36.6 Å². The Kier molecular flexibility index (Phi) is 5.58. The van der Waals surface area contributed by atoms with E-state index < -0.39 is 24.4 Å². The molecule has 25 heavy (non-hydrogen) atoms. The van der Waals surface area contributed by atoms with Crippen LogP contribution in [0, 0.1) is 5.92 Å². The minimum Gasteiger partial charge on any atom is -0.455 e. The molecule has 1 aliphatic heterocycles. The Morgan fingerprint density at radius 1 is 1.24 bits per heavy atom. The highest BCUT2D eigenvalue weighted by molar-refractivity contribution is 6.33. The molecule has 0 spiro atoms. The SMILES string of the molecule is O=C(COC(=O)[C@H]1CC(=O)N(C2CCCC2)C1)Nc1ccccc1Cl. The molecular formula is C18H21ClN2O4. The number of amides is 2. The van der Waals surface area contributed by atoms with Crippen molar-refractivity contribution < 1.29 is 19.1 Å². The molecule has 1 atom stereocenters. The number of hydrogen-bond acceptors (Lipinski definition) is 4. The van der Waals surface area contributed by atoms with E-state index in [0.29, 0.717) is 17.3 Å². The van der Waals surface area contributed by atoms with E-state index >= 15 is 0 Å². The highest BCUT2D eigenvalue weighted by atomic mass is 35.5. The minimum absolute atomic E-state index is 0.00867. The van der Waals surface area contributed by atoms with Gasteiger partial charge in [0.25, 0.3) is 5.91 Å². The number of carbonyl (C=O) groups excluding carboxylic acids is 3. The van der Waals surface area contributed by atoms with Crippen molar-refractivity contribution in [2.45, 2.75) is 38.1 Å². The van der Waals surface area contributed by atoms with Gasteiger partial charge in [0, 0.05) is 19.0 Å². The van der Waals surface area contributed by atoms with Crippen molar-refractivity contribution in [2.75, 3.05) is 18.5 Å². The summed E-state index contributed by atoms with van der Waals surface area (Å²) in [5.41, 5.74) is 0.466. The molecule has 1 aromatic rings. The molecule has 7 heteroatoms. The van der Waals surface area contributed by atoms with E-state index in [2.05, 4.69) is 5.32 Å². The Hall–Kier alpha value is -2.08. The summed E-state index contributed by atoms with van der Waals surface area (Å²) in [5, 5.41) is 3.01. The Morgan fingerprint density at radius 2 is 1.96 bits per heavy atom. The smallest absolute Gasteiger partial charge is 0.311 e. The maximum Gasteiger partial charge on any atom is 0.311 e. The molecule has 0 radical (unpaired) electrons. The molecule has 2 amide bonds. The highest BCUT2D eigenvalue weighted by Gasteiger charge is 2.39. The summed E-state index contributed by atoms with van der Waals surface area (Å²) in [6, 6.07) is 7.08. The maximum absolute atomic E-state index is 12.2. The Labute approximate surface area is 151 Å². The highest BCUT2D eigenvalue weighted by Crippen LogP contribution is 2.29. The molecule has 3 rings (SSSR count). The average Bonchev–Trinajstić information content (AvgIpc) is 3.24. The predicted octanol–water partition coefficient (Wildman–Crippen LogP) is 2.61. The topological polar surface area (TPSA) is 75.7 Å². The van der Waals surface area contributed by atoms with Crippen LogP contribution in [-0.4, -0.2) is 41.9 Å². The second-order valence-corrected chi connectivity index (χ2v) is 6.93. The summed E-state index contributed by atoms with van der Waals surface area (Å²) in [5.74, 6) is -1.43. The van der Waals surface area contributed by atoms with Crippen molar-refractivity contribution in [1.29, 1.82) is 0 Å². The van der Waals surface area contributed by atoms with Crippen LogP contribution in [-0.2, 0) is 19.1 Å². The molecule has 0 unspecified atom stereocenters. The predicted molar refractivity (Wildman–Crippen MR) is 93.1 cm³/mol. The van der Waals surface area contributed by atoms with Crippen molar-refractivity contribution in [2.24, 2.45) is 5.92 Å². The normalized spacial score (nSPS) is 20.8. The van der Waals surface area contributed by atoms with Crippen LogP contribution in [0.1, 0.15) is 32.1 Å². The number of anilines is 1. The number of ether oxygens (including phenoxy) is 1. The standard InChI is InChI=1S/C18H21ClN2O4/c19-14-7-3-4-8-15(14)20-16(22)11-25-18(24)12-9-17(23)21(10-12)13-5-1-2-6-13/h3-4,7-8,12-13H,1-2,5-6,9-11H2,(H,20,22)/t12-/m0/s1. The molecule has 0 bridgehead atoms. The molecule has 6 nitrogen and oxygen atoms in total. The van der Waals surface area contributed by atoms with Gasteiger partial charge in [-0.15, -0.1) is 0 Å². The molecule has 0 aromatic heterocycles. The second kappa shape index (κ2) is 7.87. The maximum atomic E-state index is 12.2. The van der Waals surface area contributed by atoms with Crippen molar-refractivity contribution in [3.05, 3.63) is 29.3 Å². The van der Waals surface area contributed by atoms with E-state index in [-0.39, 0.29) is 18.4 Å². The lowest BCUT2D eigenvalue weighted by atomic mass is 10.1. The first-order valence-electron chi connectivity index (χ1n) is 8.55. The monoisotopic (exact) mass is 364 g/mol. The van der Waals surface area contributed by atoms with E-state index in [1.54, 1.807) is 24.3 Å². The van der Waals surface area contributed by atoms with E-state index in [1.807, 2.05) is 4.90 Å². The first-order chi connectivity index (χ1) is 12.0. The summed E-state index contributed by atoms with van der Waals surface area (Å²) in [4.78, 5) is 38.0. The van der Waals surface area contributed by atoms with Crippen LogP contribution < -0.4 is 5.32 Å². The third-order valence-electron chi connectivity index (χ3n) is 4.75. The zero-order valence-corrected chi connectivity index (χ0v) is 14.6. The summed E-state index contributed by atoms with van der Waals surface area (Å²) in [6.45, 7) is 0.00659. The Balaban J connectivity index is 1.47. The molecule has 1 aliphatic carbocycles. The molecule has 1 saturated carbocycles. The first-order valence-corrected chi connectivity index (χ1v) is 8.93. The lowest BCUT2D eigenvalue weighted by molar-refractivity contribution is -0.151. The summed E-state index contributed by atoms with van der Waals surface area (Å²) >= 11 is 5.96. The van der Waals surface area contributed by atoms with Gasteiger partial charge in [0.1, 0.15) is 0 Å². The zero-order chi connectivity index (χ0) is 17.8. The van der Waals surface area contributed by atoms with E-state index in [0.717, 1.165) is 25.7 Å². The van der Waals surface area contributed by atoms with Gasteiger partial charge in [0.05, 0.1) is 16.6 Å². The molecular weight excluding hydrogens is 344 g/mol. The number of hydrogen-bond donors (Lipinski definition) is 1. The van der Waals surface area contributed by atoms with Gasteiger partial charge in [0.15, 0.2) is 6.61 Å².